The van der Waals surface area contributed by atoms with E-state index in [2.05, 4.69) is 10.3 Å². The summed E-state index contributed by atoms with van der Waals surface area (Å²) in [6.45, 7) is 1.81. The van der Waals surface area contributed by atoms with Crippen LogP contribution in [-0.4, -0.2) is 9.55 Å². The first kappa shape index (κ1) is 10.6. The molecule has 1 aromatic heterocycles. The number of aryl methyl sites for hydroxylation is 2. The standard InChI is InChI=1S/C11H11F2N3/c1-7-6-16(2)11(14-7)15-10-8(12)4-3-5-9(10)13/h3-6H,1-2H3,(H,14,15). The van der Waals surface area contributed by atoms with Crippen LogP contribution in [0.1, 0.15) is 5.69 Å². The summed E-state index contributed by atoms with van der Waals surface area (Å²) >= 11 is 0. The summed E-state index contributed by atoms with van der Waals surface area (Å²) in [6.07, 6.45) is 1.76. The van der Waals surface area contributed by atoms with E-state index in [4.69, 9.17) is 0 Å². The summed E-state index contributed by atoms with van der Waals surface area (Å²) < 4.78 is 28.3. The minimum Gasteiger partial charge on any atom is -0.321 e. The van der Waals surface area contributed by atoms with Crippen LogP contribution in [0.3, 0.4) is 0 Å². The molecule has 0 aliphatic carbocycles. The van der Waals surface area contributed by atoms with Crippen molar-refractivity contribution in [2.75, 3.05) is 5.32 Å². The molecule has 0 saturated heterocycles. The van der Waals surface area contributed by atoms with Gasteiger partial charge in [0, 0.05) is 13.2 Å². The van der Waals surface area contributed by atoms with Gasteiger partial charge in [-0.3, -0.25) is 0 Å². The predicted molar refractivity (Wildman–Crippen MR) is 57.6 cm³/mol. The van der Waals surface area contributed by atoms with Crippen molar-refractivity contribution in [3.8, 4) is 0 Å². The average Bonchev–Trinajstić information content (AvgIpc) is 2.51. The van der Waals surface area contributed by atoms with Crippen LogP contribution in [0.4, 0.5) is 20.4 Å². The first-order valence-corrected chi connectivity index (χ1v) is 4.79. The van der Waals surface area contributed by atoms with Crippen molar-refractivity contribution in [3.05, 3.63) is 41.7 Å². The number of nitrogens with zero attached hydrogens (tertiary/aromatic N) is 2. The molecule has 1 heterocycles. The molecule has 2 rings (SSSR count). The lowest BCUT2D eigenvalue weighted by molar-refractivity contribution is 0.590. The van der Waals surface area contributed by atoms with Gasteiger partial charge < -0.3 is 9.88 Å². The maximum atomic E-state index is 13.3. The Hall–Kier alpha value is -1.91. The number of hydrogen-bond acceptors (Lipinski definition) is 2. The van der Waals surface area contributed by atoms with Crippen molar-refractivity contribution in [1.29, 1.82) is 0 Å². The van der Waals surface area contributed by atoms with Gasteiger partial charge in [0.15, 0.2) is 0 Å². The summed E-state index contributed by atoms with van der Waals surface area (Å²) in [5.74, 6) is -0.872. The summed E-state index contributed by atoms with van der Waals surface area (Å²) in [5.41, 5.74) is 0.595. The molecular weight excluding hydrogens is 212 g/mol. The summed E-state index contributed by atoms with van der Waals surface area (Å²) in [4.78, 5) is 4.11. The molecule has 16 heavy (non-hydrogen) atoms. The van der Waals surface area contributed by atoms with E-state index in [1.54, 1.807) is 17.8 Å². The van der Waals surface area contributed by atoms with Gasteiger partial charge in [-0.2, -0.15) is 0 Å². The van der Waals surface area contributed by atoms with E-state index in [0.29, 0.717) is 5.95 Å². The molecule has 0 amide bonds. The number of aromatic nitrogens is 2. The maximum absolute atomic E-state index is 13.3. The van der Waals surface area contributed by atoms with Crippen LogP contribution in [0.15, 0.2) is 24.4 Å². The lowest BCUT2D eigenvalue weighted by atomic mass is 10.3. The highest BCUT2D eigenvalue weighted by Gasteiger charge is 2.10. The van der Waals surface area contributed by atoms with Gasteiger partial charge in [-0.1, -0.05) is 6.07 Å². The lowest BCUT2D eigenvalue weighted by Crippen LogP contribution is -2.02. The molecule has 0 radical (unpaired) electrons. The zero-order chi connectivity index (χ0) is 11.7. The van der Waals surface area contributed by atoms with E-state index < -0.39 is 11.6 Å². The third-order valence-electron chi connectivity index (χ3n) is 2.20. The van der Waals surface area contributed by atoms with Crippen LogP contribution in [0.2, 0.25) is 0 Å². The molecule has 84 valence electrons. The van der Waals surface area contributed by atoms with Gasteiger partial charge in [0.25, 0.3) is 0 Å². The highest BCUT2D eigenvalue weighted by Crippen LogP contribution is 2.22. The molecule has 0 unspecified atom stereocenters. The summed E-state index contributed by atoms with van der Waals surface area (Å²) in [7, 11) is 1.75. The van der Waals surface area contributed by atoms with Crippen molar-refractivity contribution in [2.24, 2.45) is 7.05 Å². The Morgan fingerprint density at radius 3 is 2.38 bits per heavy atom. The topological polar surface area (TPSA) is 29.9 Å². The monoisotopic (exact) mass is 223 g/mol. The largest absolute Gasteiger partial charge is 0.321 e. The SMILES string of the molecule is Cc1cn(C)c(Nc2c(F)cccc2F)n1. The van der Waals surface area contributed by atoms with E-state index in [0.717, 1.165) is 5.69 Å². The van der Waals surface area contributed by atoms with Crippen LogP contribution in [0, 0.1) is 18.6 Å². The van der Waals surface area contributed by atoms with E-state index >= 15 is 0 Å². The van der Waals surface area contributed by atoms with Gasteiger partial charge in [-0.15, -0.1) is 0 Å². The second-order valence-corrected chi connectivity index (χ2v) is 3.54. The minimum absolute atomic E-state index is 0.184. The van der Waals surface area contributed by atoms with Crippen molar-refractivity contribution in [1.82, 2.24) is 9.55 Å². The molecule has 0 spiro atoms. The minimum atomic E-state index is -0.638. The molecule has 0 fully saturated rings. The summed E-state index contributed by atoms with van der Waals surface area (Å²) in [5, 5.41) is 2.63. The van der Waals surface area contributed by atoms with Gasteiger partial charge >= 0.3 is 0 Å². The quantitative estimate of drug-likeness (QED) is 0.848. The number of halogens is 2. The molecule has 0 bridgehead atoms. The molecule has 0 aliphatic heterocycles. The van der Waals surface area contributed by atoms with Gasteiger partial charge in [0.2, 0.25) is 5.95 Å². The number of para-hydroxylation sites is 1. The molecule has 0 atom stereocenters. The maximum Gasteiger partial charge on any atom is 0.207 e. The van der Waals surface area contributed by atoms with Gasteiger partial charge in [0.1, 0.15) is 17.3 Å². The third kappa shape index (κ3) is 1.88. The Morgan fingerprint density at radius 1 is 1.25 bits per heavy atom. The highest BCUT2D eigenvalue weighted by molar-refractivity contribution is 5.55. The highest BCUT2D eigenvalue weighted by atomic mass is 19.1. The van der Waals surface area contributed by atoms with E-state index in [1.807, 2.05) is 6.92 Å². The zero-order valence-corrected chi connectivity index (χ0v) is 8.96. The van der Waals surface area contributed by atoms with Gasteiger partial charge in [-0.05, 0) is 19.1 Å². The van der Waals surface area contributed by atoms with Gasteiger partial charge in [-0.25, -0.2) is 13.8 Å². The number of nitrogens with one attached hydrogen (secondary N) is 1. The summed E-state index contributed by atoms with van der Waals surface area (Å²) in [6, 6.07) is 3.71. The molecule has 2 aromatic rings. The number of benzene rings is 1. The molecule has 0 aliphatic rings. The lowest BCUT2D eigenvalue weighted by Gasteiger charge is -2.07. The third-order valence-corrected chi connectivity index (χ3v) is 2.20. The molecule has 0 saturated carbocycles. The Labute approximate surface area is 91.7 Å². The van der Waals surface area contributed by atoms with Crippen molar-refractivity contribution >= 4 is 11.6 Å². The van der Waals surface area contributed by atoms with Crippen LogP contribution in [-0.2, 0) is 7.05 Å². The molecule has 3 nitrogen and oxygen atoms in total. The van der Waals surface area contributed by atoms with Crippen LogP contribution in [0.5, 0.6) is 0 Å². The molecular formula is C11H11F2N3. The molecule has 1 aromatic carbocycles. The number of imidazole rings is 1. The fraction of sp³-hybridized carbons (Fsp3) is 0.182. The Bertz CT molecular complexity index is 500. The van der Waals surface area contributed by atoms with E-state index in [-0.39, 0.29) is 5.69 Å². The molecule has 1 N–H and O–H groups in total. The van der Waals surface area contributed by atoms with Crippen LogP contribution < -0.4 is 5.32 Å². The Kier molecular flexibility index (Phi) is 2.60. The normalized spacial score (nSPS) is 10.5. The van der Waals surface area contributed by atoms with Crippen molar-refractivity contribution < 1.29 is 8.78 Å². The first-order valence-electron chi connectivity index (χ1n) is 4.79. The Morgan fingerprint density at radius 2 is 1.88 bits per heavy atom. The van der Waals surface area contributed by atoms with E-state index in [1.165, 1.54) is 18.2 Å². The number of rotatable bonds is 2. The van der Waals surface area contributed by atoms with Crippen LogP contribution >= 0.6 is 0 Å². The molecule has 5 heteroatoms. The average molecular weight is 223 g/mol. The van der Waals surface area contributed by atoms with Crippen molar-refractivity contribution in [3.63, 3.8) is 0 Å². The number of anilines is 2. The smallest absolute Gasteiger partial charge is 0.207 e. The van der Waals surface area contributed by atoms with Gasteiger partial charge in [0.05, 0.1) is 5.69 Å². The van der Waals surface area contributed by atoms with E-state index in [9.17, 15) is 8.78 Å². The van der Waals surface area contributed by atoms with Crippen LogP contribution in [0.25, 0.3) is 0 Å². The first-order chi connectivity index (χ1) is 7.58. The fourth-order valence-electron chi connectivity index (χ4n) is 1.46. The van der Waals surface area contributed by atoms with Crippen molar-refractivity contribution in [2.45, 2.75) is 6.92 Å². The predicted octanol–water partition coefficient (Wildman–Crippen LogP) is 2.75. The second-order valence-electron chi connectivity index (χ2n) is 3.54. The fourth-order valence-corrected chi connectivity index (χ4v) is 1.46. The Balaban J connectivity index is 2.37. The number of hydrogen-bond donors (Lipinski definition) is 1. The zero-order valence-electron chi connectivity index (χ0n) is 8.96. The second kappa shape index (κ2) is 3.92.